The summed E-state index contributed by atoms with van der Waals surface area (Å²) in [5.41, 5.74) is 0.902. The first-order valence-electron chi connectivity index (χ1n) is 5.04. The first-order valence-corrected chi connectivity index (χ1v) is 5.42. The fraction of sp³-hybridized carbons (Fsp3) is 0.273. The largest absolute Gasteiger partial charge is 0.309 e. The first-order chi connectivity index (χ1) is 7.63. The van der Waals surface area contributed by atoms with Gasteiger partial charge in [0.15, 0.2) is 5.82 Å². The number of halogens is 1. The van der Waals surface area contributed by atoms with Crippen LogP contribution in [0.3, 0.4) is 0 Å². The predicted molar refractivity (Wildman–Crippen MR) is 64.6 cm³/mol. The van der Waals surface area contributed by atoms with Crippen LogP contribution in [0.4, 0.5) is 5.82 Å². The molecule has 0 aliphatic rings. The van der Waals surface area contributed by atoms with Gasteiger partial charge in [0.25, 0.3) is 0 Å². The molecule has 0 saturated carbocycles. The molecule has 0 spiro atoms. The van der Waals surface area contributed by atoms with Crippen molar-refractivity contribution in [1.82, 2.24) is 9.78 Å². The second-order valence-corrected chi connectivity index (χ2v) is 3.92. The molecule has 1 amide bonds. The zero-order valence-corrected chi connectivity index (χ0v) is 9.88. The molecule has 0 unspecified atom stereocenters. The lowest BCUT2D eigenvalue weighted by Gasteiger charge is -2.00. The second kappa shape index (κ2) is 4.14. The standard InChI is InChI=1S/C11H12ClN3O/c1-3-9(16)13-11-10-7(12)5-4-6-8(10)15(2)14-11/h4-6H,3H2,1-2H3,(H,13,14,16). The summed E-state index contributed by atoms with van der Waals surface area (Å²) in [6, 6.07) is 5.56. The molecule has 0 aliphatic carbocycles. The second-order valence-electron chi connectivity index (χ2n) is 3.51. The lowest BCUT2D eigenvalue weighted by atomic mass is 10.2. The van der Waals surface area contributed by atoms with Crippen molar-refractivity contribution in [1.29, 1.82) is 0 Å². The molecule has 1 heterocycles. The Morgan fingerprint density at radius 3 is 3.00 bits per heavy atom. The van der Waals surface area contributed by atoms with E-state index in [0.29, 0.717) is 17.3 Å². The zero-order chi connectivity index (χ0) is 11.7. The number of fused-ring (bicyclic) bond motifs is 1. The highest BCUT2D eigenvalue weighted by Gasteiger charge is 2.12. The number of benzene rings is 1. The van der Waals surface area contributed by atoms with Crippen LogP contribution < -0.4 is 5.32 Å². The Balaban J connectivity index is 2.57. The van der Waals surface area contributed by atoms with Gasteiger partial charge in [-0.3, -0.25) is 9.48 Å². The zero-order valence-electron chi connectivity index (χ0n) is 9.12. The molecule has 1 N–H and O–H groups in total. The van der Waals surface area contributed by atoms with E-state index in [9.17, 15) is 4.79 Å². The Hall–Kier alpha value is -1.55. The Morgan fingerprint density at radius 1 is 1.56 bits per heavy atom. The van der Waals surface area contributed by atoms with E-state index in [-0.39, 0.29) is 5.91 Å². The number of hydrogen-bond donors (Lipinski definition) is 1. The Bertz CT molecular complexity index is 547. The highest BCUT2D eigenvalue weighted by atomic mass is 35.5. The van der Waals surface area contributed by atoms with Crippen LogP contribution in [-0.4, -0.2) is 15.7 Å². The summed E-state index contributed by atoms with van der Waals surface area (Å²) in [4.78, 5) is 11.3. The average molecular weight is 238 g/mol. The maximum absolute atomic E-state index is 11.3. The molecule has 1 aromatic carbocycles. The van der Waals surface area contributed by atoms with Crippen LogP contribution >= 0.6 is 11.6 Å². The van der Waals surface area contributed by atoms with E-state index in [2.05, 4.69) is 10.4 Å². The minimum absolute atomic E-state index is 0.0695. The topological polar surface area (TPSA) is 46.9 Å². The average Bonchev–Trinajstić information content (AvgIpc) is 2.57. The summed E-state index contributed by atoms with van der Waals surface area (Å²) < 4.78 is 1.70. The van der Waals surface area contributed by atoms with Gasteiger partial charge in [-0.2, -0.15) is 5.10 Å². The third-order valence-electron chi connectivity index (χ3n) is 2.41. The number of hydrogen-bond acceptors (Lipinski definition) is 2. The van der Waals surface area contributed by atoms with Crippen LogP contribution in [-0.2, 0) is 11.8 Å². The normalized spacial score (nSPS) is 10.7. The van der Waals surface area contributed by atoms with Crippen molar-refractivity contribution in [3.63, 3.8) is 0 Å². The SMILES string of the molecule is CCC(=O)Nc1nn(C)c2cccc(Cl)c12. The third kappa shape index (κ3) is 1.76. The lowest BCUT2D eigenvalue weighted by Crippen LogP contribution is -2.10. The molecule has 5 heteroatoms. The number of amides is 1. The smallest absolute Gasteiger partial charge is 0.225 e. The van der Waals surface area contributed by atoms with Crippen LogP contribution in [0, 0.1) is 0 Å². The van der Waals surface area contributed by atoms with Crippen molar-refractivity contribution < 1.29 is 4.79 Å². The van der Waals surface area contributed by atoms with Gasteiger partial charge >= 0.3 is 0 Å². The highest BCUT2D eigenvalue weighted by Crippen LogP contribution is 2.29. The summed E-state index contributed by atoms with van der Waals surface area (Å²) in [5, 5.41) is 8.36. The number of carbonyl (C=O) groups excluding carboxylic acids is 1. The fourth-order valence-corrected chi connectivity index (χ4v) is 1.84. The monoisotopic (exact) mass is 237 g/mol. The summed E-state index contributed by atoms with van der Waals surface area (Å²) in [5.74, 6) is 0.454. The Morgan fingerprint density at radius 2 is 2.31 bits per heavy atom. The van der Waals surface area contributed by atoms with E-state index < -0.39 is 0 Å². The van der Waals surface area contributed by atoms with Gasteiger partial charge in [-0.15, -0.1) is 0 Å². The van der Waals surface area contributed by atoms with E-state index in [0.717, 1.165) is 10.9 Å². The van der Waals surface area contributed by atoms with E-state index in [1.807, 2.05) is 19.2 Å². The van der Waals surface area contributed by atoms with E-state index in [1.165, 1.54) is 0 Å². The predicted octanol–water partition coefficient (Wildman–Crippen LogP) is 2.58. The number of anilines is 1. The van der Waals surface area contributed by atoms with Crippen molar-refractivity contribution in [3.8, 4) is 0 Å². The maximum Gasteiger partial charge on any atom is 0.225 e. The molecule has 0 atom stereocenters. The van der Waals surface area contributed by atoms with Crippen LogP contribution in [0.5, 0.6) is 0 Å². The van der Waals surface area contributed by atoms with Gasteiger partial charge in [0, 0.05) is 13.5 Å². The molecule has 0 radical (unpaired) electrons. The minimum atomic E-state index is -0.0695. The number of nitrogens with one attached hydrogen (secondary N) is 1. The summed E-state index contributed by atoms with van der Waals surface area (Å²) in [6.45, 7) is 1.79. The lowest BCUT2D eigenvalue weighted by molar-refractivity contribution is -0.115. The van der Waals surface area contributed by atoms with Crippen molar-refractivity contribution in [2.45, 2.75) is 13.3 Å². The Labute approximate surface area is 98.2 Å². The van der Waals surface area contributed by atoms with Crippen molar-refractivity contribution in [3.05, 3.63) is 23.2 Å². The van der Waals surface area contributed by atoms with Crippen LogP contribution in [0.1, 0.15) is 13.3 Å². The molecular formula is C11H12ClN3O. The quantitative estimate of drug-likeness (QED) is 0.873. The van der Waals surface area contributed by atoms with Crippen molar-refractivity contribution in [2.24, 2.45) is 7.05 Å². The summed E-state index contributed by atoms with van der Waals surface area (Å²) >= 11 is 6.10. The maximum atomic E-state index is 11.3. The van der Waals surface area contributed by atoms with E-state index in [1.54, 1.807) is 17.7 Å². The molecule has 0 aliphatic heterocycles. The molecule has 16 heavy (non-hydrogen) atoms. The fourth-order valence-electron chi connectivity index (χ4n) is 1.58. The molecule has 2 aromatic rings. The molecule has 0 saturated heterocycles. The van der Waals surface area contributed by atoms with Gasteiger partial charge in [-0.05, 0) is 12.1 Å². The number of aromatic nitrogens is 2. The summed E-state index contributed by atoms with van der Waals surface area (Å²) in [7, 11) is 1.82. The van der Waals surface area contributed by atoms with Crippen LogP contribution in [0.15, 0.2) is 18.2 Å². The van der Waals surface area contributed by atoms with Gasteiger partial charge < -0.3 is 5.32 Å². The first kappa shape index (κ1) is 11.0. The number of nitrogens with zero attached hydrogens (tertiary/aromatic N) is 2. The van der Waals surface area contributed by atoms with Crippen molar-refractivity contribution in [2.75, 3.05) is 5.32 Å². The number of rotatable bonds is 2. The molecule has 0 fully saturated rings. The number of aryl methyl sites for hydroxylation is 1. The number of carbonyl (C=O) groups is 1. The van der Waals surface area contributed by atoms with Gasteiger partial charge in [0.05, 0.1) is 15.9 Å². The van der Waals surface area contributed by atoms with Crippen molar-refractivity contribution >= 4 is 34.2 Å². The Kier molecular flexibility index (Phi) is 2.83. The van der Waals surface area contributed by atoms with E-state index >= 15 is 0 Å². The molecule has 84 valence electrons. The van der Waals surface area contributed by atoms with Gasteiger partial charge in [-0.1, -0.05) is 24.6 Å². The van der Waals surface area contributed by atoms with Gasteiger partial charge in [-0.25, -0.2) is 0 Å². The minimum Gasteiger partial charge on any atom is -0.309 e. The molecule has 1 aromatic heterocycles. The van der Waals surface area contributed by atoms with Crippen LogP contribution in [0.25, 0.3) is 10.9 Å². The van der Waals surface area contributed by atoms with Crippen LogP contribution in [0.2, 0.25) is 5.02 Å². The van der Waals surface area contributed by atoms with E-state index in [4.69, 9.17) is 11.6 Å². The molecule has 2 rings (SSSR count). The molecular weight excluding hydrogens is 226 g/mol. The highest BCUT2D eigenvalue weighted by molar-refractivity contribution is 6.36. The molecule has 4 nitrogen and oxygen atoms in total. The van der Waals surface area contributed by atoms with Gasteiger partial charge in [0.2, 0.25) is 5.91 Å². The third-order valence-corrected chi connectivity index (χ3v) is 2.72. The summed E-state index contributed by atoms with van der Waals surface area (Å²) in [6.07, 6.45) is 0.419. The van der Waals surface area contributed by atoms with Gasteiger partial charge in [0.1, 0.15) is 0 Å². The molecule has 0 bridgehead atoms.